The third-order valence-corrected chi connectivity index (χ3v) is 9.90. The average molecular weight is 695 g/mol. The Hall–Kier alpha value is -5.09. The van der Waals surface area contributed by atoms with Crippen molar-refractivity contribution in [1.82, 2.24) is 10.3 Å². The van der Waals surface area contributed by atoms with E-state index in [4.69, 9.17) is 4.74 Å². The molecule has 1 fully saturated rings. The van der Waals surface area contributed by atoms with Gasteiger partial charge in [0.05, 0.1) is 5.56 Å². The molecule has 4 aromatic rings. The van der Waals surface area contributed by atoms with Crippen LogP contribution in [0.5, 0.6) is 11.5 Å². The first-order valence-electron chi connectivity index (χ1n) is 17.8. The number of anilines is 2. The lowest BCUT2D eigenvalue weighted by Gasteiger charge is -2.37. The number of pyridine rings is 1. The minimum atomic E-state index is -0.376. The molecule has 2 heterocycles. The molecule has 0 atom stereocenters. The van der Waals surface area contributed by atoms with Gasteiger partial charge in [-0.25, -0.2) is 0 Å². The van der Waals surface area contributed by atoms with Crippen LogP contribution in [0, 0.1) is 20.8 Å². The van der Waals surface area contributed by atoms with E-state index in [1.165, 1.54) is 6.07 Å². The summed E-state index contributed by atoms with van der Waals surface area (Å²) in [6.07, 6.45) is 1.78. The minimum absolute atomic E-state index is 0.0395. The molecule has 270 valence electrons. The molecule has 2 amide bonds. The third kappa shape index (κ3) is 7.96. The Kier molecular flexibility index (Phi) is 11.6. The Morgan fingerprint density at radius 3 is 2.20 bits per heavy atom. The van der Waals surface area contributed by atoms with Crippen molar-refractivity contribution in [2.24, 2.45) is 0 Å². The summed E-state index contributed by atoms with van der Waals surface area (Å²) in [5, 5.41) is 23.9. The third-order valence-electron chi connectivity index (χ3n) is 9.90. The second kappa shape index (κ2) is 15.9. The van der Waals surface area contributed by atoms with E-state index in [1.54, 1.807) is 11.0 Å². The molecule has 4 N–H and O–H groups in total. The van der Waals surface area contributed by atoms with Crippen LogP contribution >= 0.6 is 0 Å². The van der Waals surface area contributed by atoms with E-state index in [1.807, 2.05) is 77.9 Å². The van der Waals surface area contributed by atoms with Crippen LogP contribution in [0.15, 0.2) is 59.4 Å². The Balaban J connectivity index is 1.51. The Morgan fingerprint density at radius 1 is 0.902 bits per heavy atom. The summed E-state index contributed by atoms with van der Waals surface area (Å²) >= 11 is 0. The molecule has 1 aromatic heterocycles. The summed E-state index contributed by atoms with van der Waals surface area (Å²) in [4.78, 5) is 47.1. The number of aromatic amines is 1. The molecule has 0 aliphatic carbocycles. The molecule has 10 heteroatoms. The second-order valence-corrected chi connectivity index (χ2v) is 13.6. The van der Waals surface area contributed by atoms with Crippen LogP contribution in [0.4, 0.5) is 11.4 Å². The maximum absolute atomic E-state index is 13.9. The molecule has 0 radical (unpaired) electrons. The lowest BCUT2D eigenvalue weighted by atomic mass is 9.95. The smallest absolute Gasteiger partial charge is 0.262 e. The van der Waals surface area contributed by atoms with Gasteiger partial charge in [0.25, 0.3) is 17.4 Å². The molecule has 0 bridgehead atoms. The summed E-state index contributed by atoms with van der Waals surface area (Å²) in [5.74, 6) is -1.01. The number of ether oxygens (including phenoxy) is 1. The van der Waals surface area contributed by atoms with Crippen molar-refractivity contribution < 1.29 is 24.5 Å². The highest BCUT2D eigenvalue weighted by Crippen LogP contribution is 2.36. The molecule has 1 saturated heterocycles. The van der Waals surface area contributed by atoms with Gasteiger partial charge in [-0.2, -0.15) is 0 Å². The number of rotatable bonds is 11. The molecule has 0 spiro atoms. The van der Waals surface area contributed by atoms with Crippen LogP contribution in [0.2, 0.25) is 0 Å². The molecule has 0 saturated carbocycles. The van der Waals surface area contributed by atoms with Crippen molar-refractivity contribution in [1.29, 1.82) is 0 Å². The predicted octanol–water partition coefficient (Wildman–Crippen LogP) is 7.10. The fourth-order valence-electron chi connectivity index (χ4n) is 7.04. The fourth-order valence-corrected chi connectivity index (χ4v) is 7.04. The average Bonchev–Trinajstić information content (AvgIpc) is 3.09. The number of hydrogen-bond acceptors (Lipinski definition) is 7. The number of aromatic hydroxyl groups is 2. The molecule has 1 aliphatic rings. The van der Waals surface area contributed by atoms with Crippen LogP contribution in [-0.2, 0) is 11.3 Å². The number of aryl methyl sites for hydroxylation is 2. The van der Waals surface area contributed by atoms with E-state index in [9.17, 15) is 24.6 Å². The molecule has 0 unspecified atom stereocenters. The van der Waals surface area contributed by atoms with Gasteiger partial charge in [0.1, 0.15) is 11.5 Å². The summed E-state index contributed by atoms with van der Waals surface area (Å²) in [5.41, 5.74) is 7.29. The van der Waals surface area contributed by atoms with Gasteiger partial charge in [-0.15, -0.1) is 0 Å². The summed E-state index contributed by atoms with van der Waals surface area (Å²) in [7, 11) is 0. The lowest BCUT2D eigenvalue weighted by Crippen LogP contribution is -2.40. The minimum Gasteiger partial charge on any atom is -0.508 e. The van der Waals surface area contributed by atoms with Gasteiger partial charge < -0.3 is 35.1 Å². The first-order chi connectivity index (χ1) is 24.3. The van der Waals surface area contributed by atoms with Gasteiger partial charge >= 0.3 is 0 Å². The number of benzene rings is 3. The van der Waals surface area contributed by atoms with Gasteiger partial charge in [0, 0.05) is 73.2 Å². The Bertz CT molecular complexity index is 1960. The largest absolute Gasteiger partial charge is 0.508 e. The maximum atomic E-state index is 13.9. The number of hydrogen-bond donors (Lipinski definition) is 4. The molecule has 1 aliphatic heterocycles. The molecule has 5 rings (SSSR count). The topological polar surface area (TPSA) is 135 Å². The van der Waals surface area contributed by atoms with Crippen molar-refractivity contribution in [3.8, 4) is 22.6 Å². The highest BCUT2D eigenvalue weighted by Gasteiger charge is 2.26. The van der Waals surface area contributed by atoms with Crippen molar-refractivity contribution in [2.75, 3.05) is 36.1 Å². The van der Waals surface area contributed by atoms with Crippen LogP contribution < -0.4 is 20.7 Å². The number of amides is 2. The predicted molar refractivity (Wildman–Crippen MR) is 202 cm³/mol. The fraction of sp³-hybridized carbons (Fsp3) is 0.390. The van der Waals surface area contributed by atoms with E-state index in [0.717, 1.165) is 53.0 Å². The molecule has 10 nitrogen and oxygen atoms in total. The van der Waals surface area contributed by atoms with Crippen LogP contribution in [0.25, 0.3) is 11.1 Å². The number of phenols is 2. The number of nitrogens with one attached hydrogen (secondary N) is 2. The summed E-state index contributed by atoms with van der Waals surface area (Å²) < 4.78 is 5.66. The zero-order valence-corrected chi connectivity index (χ0v) is 30.7. The second-order valence-electron chi connectivity index (χ2n) is 13.6. The zero-order chi connectivity index (χ0) is 37.0. The van der Waals surface area contributed by atoms with Crippen LogP contribution in [-0.4, -0.2) is 59.4 Å². The highest BCUT2D eigenvalue weighted by atomic mass is 16.5. The van der Waals surface area contributed by atoms with Crippen molar-refractivity contribution in [3.63, 3.8) is 0 Å². The number of carbonyl (C=O) groups is 2. The van der Waals surface area contributed by atoms with E-state index in [0.29, 0.717) is 42.1 Å². The van der Waals surface area contributed by atoms with Gasteiger partial charge in [0.15, 0.2) is 0 Å². The maximum Gasteiger partial charge on any atom is 0.262 e. The SMILES string of the molecule is CCN(C(=O)c1cc(C(C)C)c(O)cc1O)c1ccc(-c2cc(C(=O)NCc3c(C)cc(C)[nH]c3=O)c(C)c(N(CC)C3CCOCC3)c2)cc1. The van der Waals surface area contributed by atoms with Crippen molar-refractivity contribution >= 4 is 23.2 Å². The molecule has 51 heavy (non-hydrogen) atoms. The van der Waals surface area contributed by atoms with E-state index < -0.39 is 0 Å². The number of aromatic nitrogens is 1. The van der Waals surface area contributed by atoms with E-state index in [2.05, 4.69) is 28.2 Å². The number of nitrogens with zero attached hydrogens (tertiary/aromatic N) is 2. The highest BCUT2D eigenvalue weighted by molar-refractivity contribution is 6.08. The van der Waals surface area contributed by atoms with Crippen LogP contribution in [0.1, 0.15) is 95.1 Å². The molecular weight excluding hydrogens is 644 g/mol. The Morgan fingerprint density at radius 2 is 1.59 bits per heavy atom. The number of carbonyl (C=O) groups excluding carboxylic acids is 2. The van der Waals surface area contributed by atoms with Crippen molar-refractivity contribution in [2.45, 2.75) is 79.8 Å². The van der Waals surface area contributed by atoms with Crippen LogP contribution in [0.3, 0.4) is 0 Å². The molecule has 3 aromatic carbocycles. The Labute approximate surface area is 300 Å². The number of H-pyrrole nitrogens is 1. The van der Waals surface area contributed by atoms with E-state index >= 15 is 0 Å². The quantitative estimate of drug-likeness (QED) is 0.132. The normalized spacial score (nSPS) is 13.3. The first-order valence-corrected chi connectivity index (χ1v) is 17.8. The molecular formula is C41H50N4O6. The number of phenolic OH excluding ortho intramolecular Hbond substituents is 2. The van der Waals surface area contributed by atoms with E-state index in [-0.39, 0.29) is 52.9 Å². The van der Waals surface area contributed by atoms with Gasteiger partial charge in [-0.3, -0.25) is 14.4 Å². The first kappa shape index (κ1) is 37.2. The summed E-state index contributed by atoms with van der Waals surface area (Å²) in [6, 6.07) is 16.5. The summed E-state index contributed by atoms with van der Waals surface area (Å²) in [6.45, 7) is 16.1. The lowest BCUT2D eigenvalue weighted by molar-refractivity contribution is 0.0845. The van der Waals surface area contributed by atoms with Crippen molar-refractivity contribution in [3.05, 3.63) is 104 Å². The van der Waals surface area contributed by atoms with Gasteiger partial charge in [-0.05, 0) is 118 Å². The van der Waals surface area contributed by atoms with Gasteiger partial charge in [-0.1, -0.05) is 26.0 Å². The monoisotopic (exact) mass is 694 g/mol. The zero-order valence-electron chi connectivity index (χ0n) is 30.7. The standard InChI is InChI=1S/C41H50N4O6/c1-8-44(31-14-16-51-17-15-31)36-20-29(19-33(27(36)7)39(48)42-23-35-25(5)18-26(6)43-40(35)49)28-10-12-30(13-11-28)45(9-2)41(50)34-21-32(24(3)4)37(46)22-38(34)47/h10-13,18-22,24,31,46-47H,8-9,14-17,23H2,1-7H3,(H,42,48)(H,43,49). The van der Waals surface area contributed by atoms with Gasteiger partial charge in [0.2, 0.25) is 0 Å².